The average molecular weight is 451 g/mol. The lowest BCUT2D eigenvalue weighted by molar-refractivity contribution is -0.139. The molecule has 2 N–H and O–H groups in total. The van der Waals surface area contributed by atoms with Crippen LogP contribution >= 0.6 is 15.9 Å². The lowest BCUT2D eigenvalue weighted by Gasteiger charge is -2.10. The molecule has 0 atom stereocenters. The highest BCUT2D eigenvalue weighted by molar-refractivity contribution is 9.10. The van der Waals surface area contributed by atoms with Crippen LogP contribution in [-0.4, -0.2) is 43.5 Å². The monoisotopic (exact) mass is 450 g/mol. The molecule has 0 saturated heterocycles. The highest BCUT2D eigenvalue weighted by atomic mass is 79.9. The molecule has 1 amide bonds. The largest absolute Gasteiger partial charge is 0.493 e. The van der Waals surface area contributed by atoms with Gasteiger partial charge in [-0.3, -0.25) is 4.79 Å². The minimum atomic E-state index is -1.06. The Morgan fingerprint density at radius 3 is 2.54 bits per heavy atom. The SMILES string of the molecule is CCOc1ccc(C(=O)N/N=C/c2ccc(OCC(=O)O)c(Br)c2)cc1OC. The quantitative estimate of drug-likeness (QED) is 0.449. The van der Waals surface area contributed by atoms with Gasteiger partial charge in [0.15, 0.2) is 18.1 Å². The van der Waals surface area contributed by atoms with Crippen molar-refractivity contribution in [2.75, 3.05) is 20.3 Å². The molecule has 9 heteroatoms. The van der Waals surface area contributed by atoms with E-state index in [1.807, 2.05) is 6.92 Å². The molecule has 2 rings (SSSR count). The third kappa shape index (κ3) is 5.98. The van der Waals surface area contributed by atoms with E-state index in [0.717, 1.165) is 0 Å². The van der Waals surface area contributed by atoms with Crippen molar-refractivity contribution in [3.63, 3.8) is 0 Å². The van der Waals surface area contributed by atoms with E-state index in [9.17, 15) is 9.59 Å². The van der Waals surface area contributed by atoms with E-state index >= 15 is 0 Å². The fourth-order valence-corrected chi connectivity index (χ4v) is 2.68. The zero-order chi connectivity index (χ0) is 20.5. The van der Waals surface area contributed by atoms with E-state index < -0.39 is 18.5 Å². The Balaban J connectivity index is 2.01. The zero-order valence-electron chi connectivity index (χ0n) is 15.3. The number of hydrogen-bond acceptors (Lipinski definition) is 6. The Kier molecular flexibility index (Phi) is 7.82. The highest BCUT2D eigenvalue weighted by Crippen LogP contribution is 2.28. The van der Waals surface area contributed by atoms with Gasteiger partial charge in [0.1, 0.15) is 5.75 Å². The van der Waals surface area contributed by atoms with Gasteiger partial charge < -0.3 is 19.3 Å². The van der Waals surface area contributed by atoms with Gasteiger partial charge in [0.2, 0.25) is 0 Å². The van der Waals surface area contributed by atoms with Gasteiger partial charge >= 0.3 is 5.97 Å². The molecule has 0 radical (unpaired) electrons. The first-order valence-electron chi connectivity index (χ1n) is 8.23. The van der Waals surface area contributed by atoms with E-state index in [1.165, 1.54) is 13.3 Å². The molecular weight excluding hydrogens is 432 g/mol. The maximum absolute atomic E-state index is 12.2. The van der Waals surface area contributed by atoms with Crippen molar-refractivity contribution in [3.05, 3.63) is 52.0 Å². The van der Waals surface area contributed by atoms with Crippen molar-refractivity contribution >= 4 is 34.0 Å². The molecule has 0 aliphatic carbocycles. The number of nitrogens with zero attached hydrogens (tertiary/aromatic N) is 1. The number of aliphatic carboxylic acids is 1. The number of carboxylic acid groups (broad SMARTS) is 1. The Hall–Kier alpha value is -3.07. The summed E-state index contributed by atoms with van der Waals surface area (Å²) in [5, 5.41) is 12.6. The van der Waals surface area contributed by atoms with Crippen LogP contribution in [0.5, 0.6) is 17.2 Å². The minimum absolute atomic E-state index is 0.371. The van der Waals surface area contributed by atoms with Crippen LogP contribution in [0.3, 0.4) is 0 Å². The van der Waals surface area contributed by atoms with Crippen LogP contribution < -0.4 is 19.6 Å². The fourth-order valence-electron chi connectivity index (χ4n) is 2.17. The number of halogens is 1. The number of benzene rings is 2. The predicted octanol–water partition coefficient (Wildman–Crippen LogP) is 3.08. The van der Waals surface area contributed by atoms with Crippen molar-refractivity contribution in [2.24, 2.45) is 5.10 Å². The summed E-state index contributed by atoms with van der Waals surface area (Å²) in [6.07, 6.45) is 1.45. The maximum Gasteiger partial charge on any atom is 0.341 e. The first-order chi connectivity index (χ1) is 13.4. The maximum atomic E-state index is 12.2. The Morgan fingerprint density at radius 2 is 1.89 bits per heavy atom. The summed E-state index contributed by atoms with van der Waals surface area (Å²) in [4.78, 5) is 22.8. The van der Waals surface area contributed by atoms with Gasteiger partial charge in [-0.1, -0.05) is 0 Å². The molecule has 0 saturated carbocycles. The first kappa shape index (κ1) is 21.2. The first-order valence-corrected chi connectivity index (χ1v) is 9.02. The van der Waals surface area contributed by atoms with E-state index in [1.54, 1.807) is 36.4 Å². The van der Waals surface area contributed by atoms with Crippen LogP contribution in [0.15, 0.2) is 46.0 Å². The van der Waals surface area contributed by atoms with Crippen molar-refractivity contribution < 1.29 is 28.9 Å². The number of carbonyl (C=O) groups is 2. The number of carboxylic acids is 1. The Morgan fingerprint density at radius 1 is 1.14 bits per heavy atom. The molecule has 0 aliphatic rings. The molecule has 148 valence electrons. The molecule has 2 aromatic carbocycles. The number of carbonyl (C=O) groups excluding carboxylic acids is 1. The number of hydrogen-bond donors (Lipinski definition) is 2. The van der Waals surface area contributed by atoms with Crippen LogP contribution in [0.4, 0.5) is 0 Å². The molecular formula is C19H19BrN2O6. The fraction of sp³-hybridized carbons (Fsp3) is 0.211. The van der Waals surface area contributed by atoms with E-state index in [2.05, 4.69) is 26.5 Å². The molecule has 2 aromatic rings. The second-order valence-electron chi connectivity index (χ2n) is 5.37. The van der Waals surface area contributed by atoms with E-state index in [-0.39, 0.29) is 0 Å². The summed E-state index contributed by atoms with van der Waals surface area (Å²) in [5.74, 6) is -0.0613. The van der Waals surface area contributed by atoms with Gasteiger partial charge in [-0.05, 0) is 64.8 Å². The van der Waals surface area contributed by atoms with Crippen molar-refractivity contribution in [1.29, 1.82) is 0 Å². The summed E-state index contributed by atoms with van der Waals surface area (Å²) in [6, 6.07) is 9.82. The average Bonchev–Trinajstić information content (AvgIpc) is 2.67. The summed E-state index contributed by atoms with van der Waals surface area (Å²) in [6.45, 7) is 1.91. The number of ether oxygens (including phenoxy) is 3. The summed E-state index contributed by atoms with van der Waals surface area (Å²) in [5.41, 5.74) is 3.49. The van der Waals surface area contributed by atoms with Crippen molar-refractivity contribution in [3.8, 4) is 17.2 Å². The van der Waals surface area contributed by atoms with Gasteiger partial charge in [-0.2, -0.15) is 5.10 Å². The third-order valence-corrected chi connectivity index (χ3v) is 4.03. The van der Waals surface area contributed by atoms with Crippen LogP contribution in [0.25, 0.3) is 0 Å². The van der Waals surface area contributed by atoms with Gasteiger partial charge in [0.05, 0.1) is 24.4 Å². The normalized spacial score (nSPS) is 10.5. The lowest BCUT2D eigenvalue weighted by Crippen LogP contribution is -2.17. The predicted molar refractivity (Wildman–Crippen MR) is 106 cm³/mol. The van der Waals surface area contributed by atoms with E-state index in [4.69, 9.17) is 19.3 Å². The van der Waals surface area contributed by atoms with Crippen molar-refractivity contribution in [2.45, 2.75) is 6.92 Å². The number of hydrazone groups is 1. The zero-order valence-corrected chi connectivity index (χ0v) is 16.9. The van der Waals surface area contributed by atoms with Crippen LogP contribution in [0.2, 0.25) is 0 Å². The van der Waals surface area contributed by atoms with Gasteiger partial charge in [-0.25, -0.2) is 10.2 Å². The number of nitrogens with one attached hydrogen (secondary N) is 1. The lowest BCUT2D eigenvalue weighted by atomic mass is 10.2. The molecule has 0 aliphatic heterocycles. The molecule has 0 aromatic heterocycles. The number of methoxy groups -OCH3 is 1. The second kappa shape index (κ2) is 10.3. The Bertz CT molecular complexity index is 885. The summed E-state index contributed by atoms with van der Waals surface area (Å²) >= 11 is 3.30. The topological polar surface area (TPSA) is 106 Å². The summed E-state index contributed by atoms with van der Waals surface area (Å²) in [7, 11) is 1.50. The Labute approximate surface area is 170 Å². The van der Waals surface area contributed by atoms with Gasteiger partial charge in [0, 0.05) is 5.56 Å². The number of rotatable bonds is 9. The van der Waals surface area contributed by atoms with Gasteiger partial charge in [0.25, 0.3) is 5.91 Å². The molecule has 0 heterocycles. The van der Waals surface area contributed by atoms with Crippen LogP contribution in [-0.2, 0) is 4.79 Å². The van der Waals surface area contributed by atoms with Crippen LogP contribution in [0, 0.1) is 0 Å². The highest BCUT2D eigenvalue weighted by Gasteiger charge is 2.10. The molecule has 0 unspecified atom stereocenters. The van der Waals surface area contributed by atoms with Gasteiger partial charge in [-0.15, -0.1) is 0 Å². The van der Waals surface area contributed by atoms with Crippen molar-refractivity contribution in [1.82, 2.24) is 5.43 Å². The second-order valence-corrected chi connectivity index (χ2v) is 6.22. The molecule has 28 heavy (non-hydrogen) atoms. The summed E-state index contributed by atoms with van der Waals surface area (Å²) < 4.78 is 16.3. The number of amides is 1. The van der Waals surface area contributed by atoms with E-state index in [0.29, 0.717) is 39.5 Å². The smallest absolute Gasteiger partial charge is 0.341 e. The standard InChI is InChI=1S/C19H19BrN2O6/c1-3-27-16-7-5-13(9-17(16)26-2)19(25)22-21-10-12-4-6-15(14(20)8-12)28-11-18(23)24/h4-10H,3,11H2,1-2H3,(H,22,25)(H,23,24)/b21-10+. The molecule has 0 spiro atoms. The third-order valence-electron chi connectivity index (χ3n) is 3.41. The molecule has 8 nitrogen and oxygen atoms in total. The molecule has 0 bridgehead atoms. The molecule has 0 fully saturated rings. The minimum Gasteiger partial charge on any atom is -0.493 e. The van der Waals surface area contributed by atoms with Crippen LogP contribution in [0.1, 0.15) is 22.8 Å².